The van der Waals surface area contributed by atoms with Crippen molar-refractivity contribution in [3.8, 4) is 0 Å². The van der Waals surface area contributed by atoms with Crippen LogP contribution < -0.4 is 11.1 Å². The Labute approximate surface area is 104 Å². The highest BCUT2D eigenvalue weighted by molar-refractivity contribution is 5.67. The summed E-state index contributed by atoms with van der Waals surface area (Å²) < 4.78 is 4.65. The van der Waals surface area contributed by atoms with Crippen molar-refractivity contribution in [3.63, 3.8) is 0 Å². The van der Waals surface area contributed by atoms with Crippen molar-refractivity contribution < 1.29 is 9.53 Å². The van der Waals surface area contributed by atoms with Crippen molar-refractivity contribution in [1.29, 1.82) is 0 Å². The fourth-order valence-electron chi connectivity index (χ4n) is 2.93. The van der Waals surface area contributed by atoms with Crippen LogP contribution in [0.5, 0.6) is 0 Å². The predicted octanol–water partition coefficient (Wildman–Crippen LogP) is 2.13. The molecule has 0 aromatic heterocycles. The minimum Gasteiger partial charge on any atom is -0.453 e. The van der Waals surface area contributed by atoms with Crippen LogP contribution in [0.25, 0.3) is 0 Å². The number of alkyl carbamates (subject to hydrolysis) is 1. The van der Waals surface area contributed by atoms with Gasteiger partial charge in [0.25, 0.3) is 0 Å². The molecule has 0 saturated heterocycles. The average molecular weight is 242 g/mol. The molecule has 0 radical (unpaired) electrons. The van der Waals surface area contributed by atoms with Crippen LogP contribution in [0.1, 0.15) is 40.0 Å². The number of ether oxygens (including phenoxy) is 1. The van der Waals surface area contributed by atoms with Crippen molar-refractivity contribution >= 4 is 6.09 Å². The Hall–Kier alpha value is -0.770. The Morgan fingerprint density at radius 1 is 1.41 bits per heavy atom. The molecule has 0 unspecified atom stereocenters. The molecule has 0 aliphatic heterocycles. The van der Waals surface area contributed by atoms with E-state index in [1.807, 2.05) is 0 Å². The van der Waals surface area contributed by atoms with E-state index in [1.54, 1.807) is 0 Å². The van der Waals surface area contributed by atoms with Gasteiger partial charge in [0.15, 0.2) is 0 Å². The van der Waals surface area contributed by atoms with E-state index in [2.05, 4.69) is 30.8 Å². The van der Waals surface area contributed by atoms with Crippen molar-refractivity contribution in [2.24, 2.45) is 23.0 Å². The first-order valence-corrected chi connectivity index (χ1v) is 6.43. The summed E-state index contributed by atoms with van der Waals surface area (Å²) in [7, 11) is 1.40. The van der Waals surface area contributed by atoms with E-state index in [1.165, 1.54) is 7.11 Å². The monoisotopic (exact) mass is 242 g/mol. The molecule has 1 rings (SSSR count). The van der Waals surface area contributed by atoms with Gasteiger partial charge in [-0.1, -0.05) is 20.8 Å². The van der Waals surface area contributed by atoms with Crippen LogP contribution in [0.3, 0.4) is 0 Å². The Morgan fingerprint density at radius 3 is 2.53 bits per heavy atom. The molecule has 4 heteroatoms. The molecule has 100 valence electrons. The van der Waals surface area contributed by atoms with Crippen molar-refractivity contribution in [2.75, 3.05) is 13.7 Å². The second kappa shape index (κ2) is 5.71. The molecule has 1 aliphatic carbocycles. The number of nitrogens with two attached hydrogens (primary N) is 1. The van der Waals surface area contributed by atoms with Crippen LogP contribution in [-0.4, -0.2) is 25.8 Å². The lowest BCUT2D eigenvalue weighted by molar-refractivity contribution is 0.0884. The largest absolute Gasteiger partial charge is 0.453 e. The Kier molecular flexibility index (Phi) is 4.80. The zero-order valence-corrected chi connectivity index (χ0v) is 11.5. The summed E-state index contributed by atoms with van der Waals surface area (Å²) in [6.07, 6.45) is 2.77. The van der Waals surface area contributed by atoms with Crippen LogP contribution in [-0.2, 0) is 4.74 Å². The quantitative estimate of drug-likeness (QED) is 0.779. The molecule has 4 nitrogen and oxygen atoms in total. The van der Waals surface area contributed by atoms with Gasteiger partial charge >= 0.3 is 6.09 Å². The molecule has 0 aromatic carbocycles. The standard InChI is InChI=1S/C13H26N2O2/c1-13(2,3)11-7-10(15-12(16)17-4)6-5-9(11)8-14/h9-11H,5-8,14H2,1-4H3,(H,15,16)/t9-,10+,11+/m0/s1. The number of carbonyl (C=O) groups is 1. The summed E-state index contributed by atoms with van der Waals surface area (Å²) in [5, 5.41) is 2.91. The van der Waals surface area contributed by atoms with E-state index in [-0.39, 0.29) is 17.6 Å². The summed E-state index contributed by atoms with van der Waals surface area (Å²) in [6, 6.07) is 0.231. The third kappa shape index (κ3) is 3.87. The second-order valence-corrected chi connectivity index (χ2v) is 6.11. The maximum absolute atomic E-state index is 11.2. The zero-order chi connectivity index (χ0) is 13.1. The Balaban J connectivity index is 2.63. The minimum atomic E-state index is -0.325. The number of nitrogens with one attached hydrogen (secondary N) is 1. The van der Waals surface area contributed by atoms with Gasteiger partial charge < -0.3 is 15.8 Å². The van der Waals surface area contributed by atoms with E-state index in [0.717, 1.165) is 25.8 Å². The highest BCUT2D eigenvalue weighted by Crippen LogP contribution is 2.41. The van der Waals surface area contributed by atoms with Gasteiger partial charge in [-0.2, -0.15) is 0 Å². The van der Waals surface area contributed by atoms with Gasteiger partial charge in [-0.3, -0.25) is 0 Å². The molecule has 0 bridgehead atoms. The van der Waals surface area contributed by atoms with Gasteiger partial charge in [-0.05, 0) is 43.1 Å². The first kappa shape index (κ1) is 14.3. The maximum Gasteiger partial charge on any atom is 0.407 e. The molecule has 1 saturated carbocycles. The van der Waals surface area contributed by atoms with Gasteiger partial charge in [-0.15, -0.1) is 0 Å². The van der Waals surface area contributed by atoms with Gasteiger partial charge in [0, 0.05) is 6.04 Å². The zero-order valence-electron chi connectivity index (χ0n) is 11.5. The van der Waals surface area contributed by atoms with Crippen LogP contribution >= 0.6 is 0 Å². The maximum atomic E-state index is 11.2. The van der Waals surface area contributed by atoms with E-state index in [0.29, 0.717) is 11.8 Å². The Bertz CT molecular complexity index is 261. The first-order chi connectivity index (χ1) is 7.88. The van der Waals surface area contributed by atoms with Crippen molar-refractivity contribution in [2.45, 2.75) is 46.1 Å². The van der Waals surface area contributed by atoms with Gasteiger partial charge in [0.05, 0.1) is 7.11 Å². The highest BCUT2D eigenvalue weighted by Gasteiger charge is 2.37. The lowest BCUT2D eigenvalue weighted by atomic mass is 9.65. The number of amides is 1. The lowest BCUT2D eigenvalue weighted by Gasteiger charge is -2.43. The summed E-state index contributed by atoms with van der Waals surface area (Å²) in [5.74, 6) is 1.13. The van der Waals surface area contributed by atoms with Crippen LogP contribution in [0.4, 0.5) is 4.79 Å². The smallest absolute Gasteiger partial charge is 0.407 e. The first-order valence-electron chi connectivity index (χ1n) is 6.43. The number of carbonyl (C=O) groups excluding carboxylic acids is 1. The molecule has 1 aliphatic rings. The van der Waals surface area contributed by atoms with Crippen LogP contribution in [0.2, 0.25) is 0 Å². The predicted molar refractivity (Wildman–Crippen MR) is 68.7 cm³/mol. The second-order valence-electron chi connectivity index (χ2n) is 6.11. The third-order valence-corrected chi connectivity index (χ3v) is 3.92. The number of hydrogen-bond acceptors (Lipinski definition) is 3. The van der Waals surface area contributed by atoms with E-state index in [4.69, 9.17) is 5.73 Å². The summed E-state index contributed by atoms with van der Waals surface area (Å²) in [5.41, 5.74) is 6.09. The molecule has 1 amide bonds. The van der Waals surface area contributed by atoms with Crippen molar-refractivity contribution in [3.05, 3.63) is 0 Å². The molecule has 3 atom stereocenters. The van der Waals surface area contributed by atoms with Gasteiger partial charge in [0.1, 0.15) is 0 Å². The molecule has 0 heterocycles. The van der Waals surface area contributed by atoms with Gasteiger partial charge in [-0.25, -0.2) is 4.79 Å². The van der Waals surface area contributed by atoms with Crippen molar-refractivity contribution in [1.82, 2.24) is 5.32 Å². The molecule has 1 fully saturated rings. The number of hydrogen-bond donors (Lipinski definition) is 2. The van der Waals surface area contributed by atoms with Crippen LogP contribution in [0.15, 0.2) is 0 Å². The lowest BCUT2D eigenvalue weighted by Crippen LogP contribution is -2.45. The molecule has 17 heavy (non-hydrogen) atoms. The van der Waals surface area contributed by atoms with E-state index < -0.39 is 0 Å². The molecular weight excluding hydrogens is 216 g/mol. The van der Waals surface area contributed by atoms with E-state index in [9.17, 15) is 4.79 Å². The summed E-state index contributed by atoms with van der Waals surface area (Å²) in [4.78, 5) is 11.2. The highest BCUT2D eigenvalue weighted by atomic mass is 16.5. The molecule has 3 N–H and O–H groups in total. The normalized spacial score (nSPS) is 29.8. The number of methoxy groups -OCH3 is 1. The molecule has 0 spiro atoms. The van der Waals surface area contributed by atoms with E-state index >= 15 is 0 Å². The average Bonchev–Trinajstić information content (AvgIpc) is 2.27. The molecule has 0 aromatic rings. The third-order valence-electron chi connectivity index (χ3n) is 3.92. The topological polar surface area (TPSA) is 64.3 Å². The van der Waals surface area contributed by atoms with Crippen LogP contribution in [0, 0.1) is 17.3 Å². The van der Waals surface area contributed by atoms with Gasteiger partial charge in [0.2, 0.25) is 0 Å². The number of rotatable bonds is 2. The summed E-state index contributed by atoms with van der Waals surface area (Å²) in [6.45, 7) is 7.50. The summed E-state index contributed by atoms with van der Waals surface area (Å²) >= 11 is 0. The molecular formula is C13H26N2O2. The SMILES string of the molecule is COC(=O)N[C@@H]1CC[C@@H](CN)[C@H](C(C)(C)C)C1. The fourth-order valence-corrected chi connectivity index (χ4v) is 2.93. The minimum absolute atomic E-state index is 0.231. The Morgan fingerprint density at radius 2 is 2.06 bits per heavy atom. The fraction of sp³-hybridized carbons (Fsp3) is 0.923.